The van der Waals surface area contributed by atoms with Crippen molar-refractivity contribution in [2.24, 2.45) is 0 Å². The Hall–Kier alpha value is -2.63. The third-order valence-electron chi connectivity index (χ3n) is 7.93. The molecule has 0 heterocycles. The first-order valence-corrected chi connectivity index (χ1v) is 21.5. The van der Waals surface area contributed by atoms with E-state index < -0.39 is 57.9 Å². The van der Waals surface area contributed by atoms with Crippen molar-refractivity contribution in [2.45, 2.75) is 154 Å². The Labute approximate surface area is 325 Å². The lowest BCUT2D eigenvalue weighted by molar-refractivity contribution is -0.161. The van der Waals surface area contributed by atoms with Crippen molar-refractivity contribution in [3.63, 3.8) is 0 Å². The highest BCUT2D eigenvalue weighted by molar-refractivity contribution is 7.47. The summed E-state index contributed by atoms with van der Waals surface area (Å²) in [4.78, 5) is 34.9. The number of carbonyl (C=O) groups is 2. The van der Waals surface area contributed by atoms with Crippen molar-refractivity contribution in [1.29, 1.82) is 0 Å². The molecule has 0 rings (SSSR count). The molecule has 0 aromatic rings. The molecule has 0 bridgehead atoms. The van der Waals surface area contributed by atoms with Gasteiger partial charge in [-0.15, -0.1) is 0 Å². The molecule has 11 nitrogen and oxygen atoms in total. The van der Waals surface area contributed by atoms with Crippen molar-refractivity contribution >= 4 is 19.8 Å². The summed E-state index contributed by atoms with van der Waals surface area (Å²) in [5.74, 6) is -1.03. The number of rotatable bonds is 36. The van der Waals surface area contributed by atoms with Crippen LogP contribution in [0.5, 0.6) is 0 Å². The molecule has 0 aromatic carbocycles. The second kappa shape index (κ2) is 37.3. The van der Waals surface area contributed by atoms with E-state index in [2.05, 4.69) is 60.9 Å². The number of ether oxygens (including phenoxy) is 2. The van der Waals surface area contributed by atoms with Gasteiger partial charge < -0.3 is 29.7 Å². The minimum absolute atomic E-state index is 0.116. The first kappa shape index (κ1) is 51.4. The number of aliphatic hydroxyl groups is 3. The van der Waals surface area contributed by atoms with Crippen LogP contribution in [0.25, 0.3) is 0 Å². The summed E-state index contributed by atoms with van der Waals surface area (Å²) >= 11 is 0. The van der Waals surface area contributed by atoms with Gasteiger partial charge in [-0.25, -0.2) is 4.57 Å². The monoisotopic (exact) mass is 782 g/mol. The lowest BCUT2D eigenvalue weighted by atomic mass is 10.1. The highest BCUT2D eigenvalue weighted by atomic mass is 31.2. The van der Waals surface area contributed by atoms with Gasteiger partial charge in [0.25, 0.3) is 0 Å². The molecule has 4 N–H and O–H groups in total. The van der Waals surface area contributed by atoms with Gasteiger partial charge in [0.1, 0.15) is 12.7 Å². The first-order valence-electron chi connectivity index (χ1n) is 20.0. The third-order valence-corrected chi connectivity index (χ3v) is 8.88. The summed E-state index contributed by atoms with van der Waals surface area (Å²) in [5.41, 5.74) is 0. The summed E-state index contributed by atoms with van der Waals surface area (Å²) < 4.78 is 32.5. The molecule has 0 aromatic heterocycles. The van der Waals surface area contributed by atoms with E-state index >= 15 is 0 Å². The maximum absolute atomic E-state index is 12.6. The van der Waals surface area contributed by atoms with Crippen molar-refractivity contribution in [3.8, 4) is 0 Å². The number of hydrogen-bond acceptors (Lipinski definition) is 10. The van der Waals surface area contributed by atoms with Crippen molar-refractivity contribution < 1.29 is 52.9 Å². The number of esters is 2. The zero-order valence-electron chi connectivity index (χ0n) is 33.0. The van der Waals surface area contributed by atoms with E-state index in [1.165, 1.54) is 19.3 Å². The molecular formula is C42H71O11P. The van der Waals surface area contributed by atoms with Gasteiger partial charge in [-0.05, 0) is 77.0 Å². The van der Waals surface area contributed by atoms with Crippen LogP contribution in [0.1, 0.15) is 136 Å². The molecule has 4 atom stereocenters. The van der Waals surface area contributed by atoms with Gasteiger partial charge in [0, 0.05) is 12.8 Å². The summed E-state index contributed by atoms with van der Waals surface area (Å²) in [6, 6.07) is 0. The van der Waals surface area contributed by atoms with Gasteiger partial charge >= 0.3 is 19.8 Å². The van der Waals surface area contributed by atoms with E-state index in [0.29, 0.717) is 19.3 Å². The number of aliphatic hydroxyl groups excluding tert-OH is 3. The molecule has 0 radical (unpaired) electrons. The largest absolute Gasteiger partial charge is 0.472 e. The smallest absolute Gasteiger partial charge is 0.462 e. The quantitative estimate of drug-likeness (QED) is 0.0157. The molecule has 310 valence electrons. The van der Waals surface area contributed by atoms with Gasteiger partial charge in [-0.1, -0.05) is 119 Å². The Bertz CT molecular complexity index is 1150. The van der Waals surface area contributed by atoms with E-state index in [4.69, 9.17) is 19.1 Å². The molecule has 2 unspecified atom stereocenters. The van der Waals surface area contributed by atoms with E-state index in [1.54, 1.807) is 6.08 Å². The van der Waals surface area contributed by atoms with Crippen LogP contribution in [0.4, 0.5) is 0 Å². The molecular weight excluding hydrogens is 711 g/mol. The lowest BCUT2D eigenvalue weighted by Crippen LogP contribution is -2.29. The Morgan fingerprint density at radius 2 is 1.22 bits per heavy atom. The van der Waals surface area contributed by atoms with Gasteiger partial charge in [-0.3, -0.25) is 18.6 Å². The van der Waals surface area contributed by atoms with Gasteiger partial charge in [0.2, 0.25) is 0 Å². The highest BCUT2D eigenvalue weighted by Gasteiger charge is 2.27. The zero-order chi connectivity index (χ0) is 40.0. The number of phosphoric acid groups is 1. The minimum atomic E-state index is -4.64. The summed E-state index contributed by atoms with van der Waals surface area (Å²) in [6.07, 6.45) is 37.7. The number of hydrogen-bond donors (Lipinski definition) is 4. The van der Waals surface area contributed by atoms with Crippen molar-refractivity contribution in [1.82, 2.24) is 0 Å². The molecule has 12 heteroatoms. The van der Waals surface area contributed by atoms with Crippen LogP contribution >= 0.6 is 7.82 Å². The number of phosphoric ester groups is 1. The van der Waals surface area contributed by atoms with Crippen LogP contribution in [0, 0.1) is 0 Å². The molecule has 0 spiro atoms. The Morgan fingerprint density at radius 3 is 1.91 bits per heavy atom. The molecule has 0 saturated heterocycles. The van der Waals surface area contributed by atoms with Gasteiger partial charge in [0.05, 0.1) is 25.9 Å². The Morgan fingerprint density at radius 1 is 0.648 bits per heavy atom. The summed E-state index contributed by atoms with van der Waals surface area (Å²) in [6.45, 7) is 2.02. The molecule has 0 saturated carbocycles. The lowest BCUT2D eigenvalue weighted by Gasteiger charge is -2.20. The second-order valence-electron chi connectivity index (χ2n) is 13.1. The average molecular weight is 783 g/mol. The molecule has 54 heavy (non-hydrogen) atoms. The maximum atomic E-state index is 12.6. The van der Waals surface area contributed by atoms with Crippen LogP contribution in [0.3, 0.4) is 0 Å². The van der Waals surface area contributed by atoms with Gasteiger partial charge in [-0.2, -0.15) is 0 Å². The fourth-order valence-electron chi connectivity index (χ4n) is 4.80. The van der Waals surface area contributed by atoms with Crippen molar-refractivity contribution in [3.05, 3.63) is 72.9 Å². The van der Waals surface area contributed by atoms with Gasteiger partial charge in [0.15, 0.2) is 6.10 Å². The highest BCUT2D eigenvalue weighted by Crippen LogP contribution is 2.43. The first-order chi connectivity index (χ1) is 26.1. The van der Waals surface area contributed by atoms with E-state index in [-0.39, 0.29) is 19.4 Å². The fourth-order valence-corrected chi connectivity index (χ4v) is 5.59. The van der Waals surface area contributed by atoms with Crippen LogP contribution in [-0.2, 0) is 32.7 Å². The van der Waals surface area contributed by atoms with E-state index in [0.717, 1.165) is 70.6 Å². The summed E-state index contributed by atoms with van der Waals surface area (Å²) in [7, 11) is -4.64. The number of unbranched alkanes of at least 4 members (excludes halogenated alkanes) is 10. The predicted molar refractivity (Wildman–Crippen MR) is 216 cm³/mol. The zero-order valence-corrected chi connectivity index (χ0v) is 33.9. The van der Waals surface area contributed by atoms with Crippen LogP contribution in [-0.4, -0.2) is 76.9 Å². The van der Waals surface area contributed by atoms with Crippen LogP contribution in [0.2, 0.25) is 0 Å². The predicted octanol–water partition coefficient (Wildman–Crippen LogP) is 9.08. The number of carbonyl (C=O) groups excluding carboxylic acids is 2. The Balaban J connectivity index is 4.50. The van der Waals surface area contributed by atoms with Crippen LogP contribution < -0.4 is 0 Å². The molecule has 0 aliphatic carbocycles. The fraction of sp³-hybridized carbons (Fsp3) is 0.667. The minimum Gasteiger partial charge on any atom is -0.462 e. The third kappa shape index (κ3) is 36.4. The molecule has 0 fully saturated rings. The molecule has 0 aliphatic rings. The van der Waals surface area contributed by atoms with E-state index in [9.17, 15) is 29.3 Å². The number of allylic oxidation sites excluding steroid dienone is 10. The van der Waals surface area contributed by atoms with Crippen molar-refractivity contribution in [2.75, 3.05) is 26.4 Å². The normalized spacial score (nSPS) is 15.3. The maximum Gasteiger partial charge on any atom is 0.472 e. The standard InChI is InChI=1S/C42H71O11P/c1-3-5-7-8-9-10-11-12-13-14-15-18-22-25-29-33-42(47)53-40(37-52-54(48,49)51-35-39(45)34-43)36-50-41(46)32-28-24-21-19-16-17-20-23-27-31-38(44)30-26-6-4-2/h6,9-10,12-13,15,18,20,23,26-27,31,38-40,43-45H,3-5,7-8,11,14,16-17,19,21-22,24-25,28-30,32-37H2,1-2H3,(H,48,49)/b10-9-,13-12-,18-15-,23-20+,26-6+,31-27+/t38?,39-,40+/m0/s1. The molecule has 0 amide bonds. The SMILES string of the molecule is CC/C=C/CC(O)/C=C/C=C/CCCCCCCC(=O)OC[C@H](COP(=O)(O)OC[C@@H](O)CO)OC(=O)CCCC/C=C\C/C=C\C/C=C\CCCCC. The second-order valence-corrected chi connectivity index (χ2v) is 14.6. The topological polar surface area (TPSA) is 169 Å². The summed E-state index contributed by atoms with van der Waals surface area (Å²) in [5, 5.41) is 28.1. The van der Waals surface area contributed by atoms with E-state index in [1.807, 2.05) is 24.3 Å². The average Bonchev–Trinajstić information content (AvgIpc) is 3.15. The molecule has 0 aliphatic heterocycles. The van der Waals surface area contributed by atoms with Crippen LogP contribution in [0.15, 0.2) is 72.9 Å². The Kier molecular flexibility index (Phi) is 35.5.